The van der Waals surface area contributed by atoms with Crippen molar-refractivity contribution < 1.29 is 14.2 Å². The van der Waals surface area contributed by atoms with E-state index in [1.54, 1.807) is 21.3 Å². The minimum atomic E-state index is 0. The van der Waals surface area contributed by atoms with Gasteiger partial charge in [0, 0.05) is 12.6 Å². The summed E-state index contributed by atoms with van der Waals surface area (Å²) in [6.45, 7) is 9.89. The predicted molar refractivity (Wildman–Crippen MR) is 114 cm³/mol. The van der Waals surface area contributed by atoms with Gasteiger partial charge in [-0.15, -0.1) is 24.0 Å². The third kappa shape index (κ3) is 7.17. The van der Waals surface area contributed by atoms with Crippen LogP contribution in [0.15, 0.2) is 17.1 Å². The van der Waals surface area contributed by atoms with Crippen molar-refractivity contribution in [2.75, 3.05) is 27.9 Å². The molecule has 25 heavy (non-hydrogen) atoms. The molecule has 0 aliphatic rings. The fraction of sp³-hybridized carbons (Fsp3) is 0.611. The summed E-state index contributed by atoms with van der Waals surface area (Å²) in [6, 6.07) is 4.17. The largest absolute Gasteiger partial charge is 0.493 e. The Morgan fingerprint density at radius 2 is 1.60 bits per heavy atom. The maximum absolute atomic E-state index is 5.38. The van der Waals surface area contributed by atoms with Crippen LogP contribution in [-0.2, 0) is 6.54 Å². The molecule has 7 heteroatoms. The average Bonchev–Trinajstić information content (AvgIpc) is 2.58. The monoisotopic (exact) mass is 465 g/mol. The summed E-state index contributed by atoms with van der Waals surface area (Å²) in [5.74, 6) is 3.18. The van der Waals surface area contributed by atoms with Crippen LogP contribution in [0, 0.1) is 5.92 Å². The number of nitrogens with zero attached hydrogens (tertiary/aromatic N) is 1. The Bertz CT molecular complexity index is 525. The van der Waals surface area contributed by atoms with Crippen molar-refractivity contribution in [3.8, 4) is 17.2 Å². The van der Waals surface area contributed by atoms with E-state index in [-0.39, 0.29) is 24.0 Å². The molecular formula is C18H32IN3O3. The van der Waals surface area contributed by atoms with E-state index < -0.39 is 0 Å². The number of hydrogen-bond acceptors (Lipinski definition) is 4. The maximum Gasteiger partial charge on any atom is 0.203 e. The molecule has 0 saturated heterocycles. The summed E-state index contributed by atoms with van der Waals surface area (Å²) in [7, 11) is 4.82. The lowest BCUT2D eigenvalue weighted by molar-refractivity contribution is 0.324. The van der Waals surface area contributed by atoms with E-state index in [1.807, 2.05) is 12.1 Å². The van der Waals surface area contributed by atoms with E-state index in [0.29, 0.717) is 35.8 Å². The molecular weight excluding hydrogens is 433 g/mol. The predicted octanol–water partition coefficient (Wildman–Crippen LogP) is 3.43. The number of hydrogen-bond donors (Lipinski definition) is 2. The highest BCUT2D eigenvalue weighted by molar-refractivity contribution is 14.0. The Hall–Kier alpha value is -1.38. The van der Waals surface area contributed by atoms with Gasteiger partial charge in [0.25, 0.3) is 0 Å². The Balaban J connectivity index is 0.00000576. The van der Waals surface area contributed by atoms with Gasteiger partial charge in [0.2, 0.25) is 5.75 Å². The molecule has 1 aromatic rings. The van der Waals surface area contributed by atoms with Gasteiger partial charge in [-0.25, -0.2) is 4.99 Å². The molecule has 0 aliphatic heterocycles. The van der Waals surface area contributed by atoms with E-state index >= 15 is 0 Å². The zero-order chi connectivity index (χ0) is 18.1. The molecule has 6 nitrogen and oxygen atoms in total. The number of benzene rings is 1. The molecule has 0 spiro atoms. The molecule has 1 rings (SSSR count). The highest BCUT2D eigenvalue weighted by Crippen LogP contribution is 2.38. The number of ether oxygens (including phenoxy) is 3. The summed E-state index contributed by atoms with van der Waals surface area (Å²) in [4.78, 5) is 4.65. The fourth-order valence-corrected chi connectivity index (χ4v) is 2.10. The van der Waals surface area contributed by atoms with Crippen LogP contribution in [0.4, 0.5) is 0 Å². The van der Waals surface area contributed by atoms with Crippen molar-refractivity contribution in [3.05, 3.63) is 17.7 Å². The first-order chi connectivity index (χ1) is 11.5. The van der Waals surface area contributed by atoms with E-state index in [0.717, 1.165) is 18.1 Å². The minimum absolute atomic E-state index is 0. The Morgan fingerprint density at radius 3 is 2.00 bits per heavy atom. The van der Waals surface area contributed by atoms with Gasteiger partial charge in [-0.05, 0) is 37.5 Å². The zero-order valence-corrected chi connectivity index (χ0v) is 18.6. The third-order valence-corrected chi connectivity index (χ3v) is 3.85. The molecule has 0 saturated carbocycles. The molecule has 0 radical (unpaired) electrons. The molecule has 0 heterocycles. The molecule has 0 bridgehead atoms. The topological polar surface area (TPSA) is 64.1 Å². The lowest BCUT2D eigenvalue weighted by Gasteiger charge is -2.20. The van der Waals surface area contributed by atoms with Gasteiger partial charge in [-0.1, -0.05) is 13.8 Å². The first-order valence-corrected chi connectivity index (χ1v) is 8.30. The fourth-order valence-electron chi connectivity index (χ4n) is 2.10. The molecule has 0 amide bonds. The summed E-state index contributed by atoms with van der Waals surface area (Å²) in [6.07, 6.45) is 0. The summed E-state index contributed by atoms with van der Waals surface area (Å²) in [5.41, 5.74) is 0.985. The number of aliphatic imine (C=N–C) groups is 1. The average molecular weight is 465 g/mol. The highest BCUT2D eigenvalue weighted by Gasteiger charge is 2.13. The molecule has 1 atom stereocenters. The van der Waals surface area contributed by atoms with Gasteiger partial charge in [0.1, 0.15) is 0 Å². The second-order valence-electron chi connectivity index (χ2n) is 5.91. The van der Waals surface area contributed by atoms with Crippen LogP contribution in [0.3, 0.4) is 0 Å². The molecule has 2 N–H and O–H groups in total. The quantitative estimate of drug-likeness (QED) is 0.350. The van der Waals surface area contributed by atoms with Gasteiger partial charge >= 0.3 is 0 Å². The summed E-state index contributed by atoms with van der Waals surface area (Å²) >= 11 is 0. The van der Waals surface area contributed by atoms with E-state index in [2.05, 4.69) is 43.3 Å². The van der Waals surface area contributed by atoms with Crippen molar-refractivity contribution in [1.29, 1.82) is 0 Å². The second kappa shape index (κ2) is 12.1. The molecule has 144 valence electrons. The lowest BCUT2D eigenvalue weighted by Crippen LogP contribution is -2.44. The Morgan fingerprint density at radius 1 is 1.04 bits per heavy atom. The van der Waals surface area contributed by atoms with Crippen molar-refractivity contribution >= 4 is 29.9 Å². The molecule has 0 aromatic heterocycles. The first-order valence-electron chi connectivity index (χ1n) is 8.30. The Kier molecular flexibility index (Phi) is 11.4. The zero-order valence-electron chi connectivity index (χ0n) is 16.3. The number of guanidine groups is 1. The van der Waals surface area contributed by atoms with Crippen molar-refractivity contribution in [2.45, 2.75) is 40.3 Å². The molecule has 1 aromatic carbocycles. The maximum atomic E-state index is 5.38. The van der Waals surface area contributed by atoms with Crippen LogP contribution < -0.4 is 24.8 Å². The van der Waals surface area contributed by atoms with Crippen LogP contribution in [0.25, 0.3) is 0 Å². The standard InChI is InChI=1S/C18H31N3O3.HI/c1-8-19-18(21-13(4)12(2)3)20-11-14-9-15(22-5)17(24-7)16(10-14)23-6;/h9-10,12-13H,8,11H2,1-7H3,(H2,19,20,21);1H. The van der Waals surface area contributed by atoms with E-state index in [1.165, 1.54) is 0 Å². The van der Waals surface area contributed by atoms with Gasteiger partial charge in [-0.3, -0.25) is 0 Å². The number of nitrogens with one attached hydrogen (secondary N) is 2. The third-order valence-electron chi connectivity index (χ3n) is 3.85. The van der Waals surface area contributed by atoms with Gasteiger partial charge < -0.3 is 24.8 Å². The number of halogens is 1. The smallest absolute Gasteiger partial charge is 0.203 e. The van der Waals surface area contributed by atoms with Crippen LogP contribution in [0.1, 0.15) is 33.3 Å². The van der Waals surface area contributed by atoms with Crippen molar-refractivity contribution in [1.82, 2.24) is 10.6 Å². The minimum Gasteiger partial charge on any atom is -0.493 e. The summed E-state index contributed by atoms with van der Waals surface area (Å²) in [5, 5.41) is 6.69. The summed E-state index contributed by atoms with van der Waals surface area (Å²) < 4.78 is 16.1. The lowest BCUT2D eigenvalue weighted by atomic mass is 10.1. The van der Waals surface area contributed by atoms with Crippen LogP contribution in [0.5, 0.6) is 17.2 Å². The molecule has 0 aliphatic carbocycles. The molecule has 0 fully saturated rings. The van der Waals surface area contributed by atoms with E-state index in [4.69, 9.17) is 14.2 Å². The van der Waals surface area contributed by atoms with Gasteiger partial charge in [0.05, 0.1) is 27.9 Å². The highest BCUT2D eigenvalue weighted by atomic mass is 127. The number of methoxy groups -OCH3 is 3. The number of rotatable bonds is 8. The van der Waals surface area contributed by atoms with Gasteiger partial charge in [-0.2, -0.15) is 0 Å². The van der Waals surface area contributed by atoms with Crippen molar-refractivity contribution in [2.24, 2.45) is 10.9 Å². The van der Waals surface area contributed by atoms with Crippen LogP contribution >= 0.6 is 24.0 Å². The van der Waals surface area contributed by atoms with Crippen LogP contribution in [0.2, 0.25) is 0 Å². The van der Waals surface area contributed by atoms with Gasteiger partial charge in [0.15, 0.2) is 17.5 Å². The SMILES string of the molecule is CCNC(=NCc1cc(OC)c(OC)c(OC)c1)NC(C)C(C)C.I. The van der Waals surface area contributed by atoms with Crippen molar-refractivity contribution in [3.63, 3.8) is 0 Å². The molecule has 1 unspecified atom stereocenters. The first kappa shape index (κ1) is 23.6. The van der Waals surface area contributed by atoms with E-state index in [9.17, 15) is 0 Å². The van der Waals surface area contributed by atoms with Crippen LogP contribution in [-0.4, -0.2) is 39.9 Å². The second-order valence-corrected chi connectivity index (χ2v) is 5.91. The Labute approximate surface area is 168 Å². The normalized spacial score (nSPS) is 12.2.